The van der Waals surface area contributed by atoms with E-state index >= 15 is 0 Å². The van der Waals surface area contributed by atoms with Crippen molar-refractivity contribution in [2.24, 2.45) is 0 Å². The van der Waals surface area contributed by atoms with Crippen LogP contribution in [0.25, 0.3) is 5.53 Å². The summed E-state index contributed by atoms with van der Waals surface area (Å²) in [5, 5.41) is 0. The van der Waals surface area contributed by atoms with Crippen LogP contribution in [-0.4, -0.2) is 35.2 Å². The molecule has 0 aromatic heterocycles. The van der Waals surface area contributed by atoms with E-state index in [9.17, 15) is 16.8 Å². The summed E-state index contributed by atoms with van der Waals surface area (Å²) in [7, 11) is -8.53. The lowest BCUT2D eigenvalue weighted by molar-refractivity contribution is 0.00379. The van der Waals surface area contributed by atoms with Crippen molar-refractivity contribution in [2.45, 2.75) is 23.0 Å². The van der Waals surface area contributed by atoms with E-state index in [0.29, 0.717) is 0 Å². The maximum atomic E-state index is 11.4. The largest absolute Gasteiger partial charge is 0.497 e. The van der Waals surface area contributed by atoms with Crippen LogP contribution < -0.4 is 0 Å². The third kappa shape index (κ3) is 2.97. The third-order valence-electron chi connectivity index (χ3n) is 1.47. The minimum atomic E-state index is -4.26. The summed E-state index contributed by atoms with van der Waals surface area (Å²) in [5.41, 5.74) is 8.46. The van der Waals surface area contributed by atoms with Crippen LogP contribution in [0.15, 0.2) is 0 Å². The molecule has 0 fully saturated rings. The summed E-state index contributed by atoms with van der Waals surface area (Å²) >= 11 is 7.21. The Hall–Kier alpha value is -0.0200. The van der Waals surface area contributed by atoms with E-state index in [1.165, 1.54) is 0 Å². The molecule has 2 unspecified atom stereocenters. The van der Waals surface area contributed by atoms with E-state index in [1.807, 2.05) is 0 Å². The number of rotatable bonds is 2. The Morgan fingerprint density at radius 1 is 1.07 bits per heavy atom. The summed E-state index contributed by atoms with van der Waals surface area (Å²) in [6.07, 6.45) is 0. The average molecular weight is 290 g/mol. The second-order valence-electron chi connectivity index (χ2n) is 2.65. The fraction of sp³-hybridized carbons (Fsp3) is 0.800. The Morgan fingerprint density at radius 3 is 1.47 bits per heavy atom. The first-order valence-corrected chi connectivity index (χ1v) is 7.77. The van der Waals surface area contributed by atoms with Gasteiger partial charge < -0.3 is 5.53 Å². The van der Waals surface area contributed by atoms with Crippen LogP contribution in [0.5, 0.6) is 0 Å². The van der Waals surface area contributed by atoms with Crippen molar-refractivity contribution in [3.05, 3.63) is 5.53 Å². The third-order valence-corrected chi connectivity index (χ3v) is 7.46. The molecule has 15 heavy (non-hydrogen) atoms. The van der Waals surface area contributed by atoms with Gasteiger partial charge in [-0.15, -0.1) is 4.79 Å². The Bertz CT molecular complexity index is 443. The molecule has 0 aromatic rings. The molecule has 0 saturated carbocycles. The minimum absolute atomic E-state index is 1.16. The number of thiol groups is 2. The van der Waals surface area contributed by atoms with Crippen LogP contribution in [0.3, 0.4) is 0 Å². The van der Waals surface area contributed by atoms with Gasteiger partial charge in [-0.25, -0.2) is 16.8 Å². The van der Waals surface area contributed by atoms with Crippen molar-refractivity contribution in [2.75, 3.05) is 0 Å². The molecular weight excluding hydrogens is 280 g/mol. The average Bonchev–Trinajstić information content (AvgIpc) is 2.03. The SMILES string of the molecule is CC(S)S(=O)(=O)C(=[N+]=[N-])S(=O)(=O)C(C)S. The molecule has 0 rings (SSSR count). The Balaban J connectivity index is 5.86. The second kappa shape index (κ2) is 4.88. The molecule has 6 nitrogen and oxygen atoms in total. The highest BCUT2D eigenvalue weighted by Crippen LogP contribution is 2.16. The number of hydrogen-bond acceptors (Lipinski definition) is 6. The Labute approximate surface area is 99.3 Å². The van der Waals surface area contributed by atoms with E-state index in [0.717, 1.165) is 13.8 Å². The lowest BCUT2D eigenvalue weighted by Crippen LogP contribution is -2.34. The number of sulfone groups is 2. The van der Waals surface area contributed by atoms with E-state index in [1.54, 1.807) is 0 Å². The summed E-state index contributed by atoms with van der Waals surface area (Å²) in [6.45, 7) is 2.31. The molecule has 0 bridgehead atoms. The van der Waals surface area contributed by atoms with Crippen LogP contribution in [0.4, 0.5) is 0 Å². The Morgan fingerprint density at radius 2 is 1.33 bits per heavy atom. The first kappa shape index (κ1) is 15.0. The fourth-order valence-electron chi connectivity index (χ4n) is 0.568. The van der Waals surface area contributed by atoms with Gasteiger partial charge in [-0.1, -0.05) is 0 Å². The Kier molecular flexibility index (Phi) is 4.87. The summed E-state index contributed by atoms with van der Waals surface area (Å²) in [5.74, 6) is 0. The molecule has 0 amide bonds. The maximum Gasteiger partial charge on any atom is 0.497 e. The van der Waals surface area contributed by atoms with Gasteiger partial charge >= 0.3 is 4.38 Å². The van der Waals surface area contributed by atoms with Crippen LogP contribution in [0.2, 0.25) is 0 Å². The predicted molar refractivity (Wildman–Crippen MR) is 63.4 cm³/mol. The zero-order valence-corrected chi connectivity index (χ0v) is 11.3. The van der Waals surface area contributed by atoms with Crippen molar-refractivity contribution >= 4 is 49.3 Å². The second-order valence-corrected chi connectivity index (χ2v) is 9.53. The summed E-state index contributed by atoms with van der Waals surface area (Å²) in [4.78, 5) is 2.32. The van der Waals surface area contributed by atoms with E-state index in [4.69, 9.17) is 5.53 Å². The number of nitrogens with zero attached hydrogens (tertiary/aromatic N) is 2. The summed E-state index contributed by atoms with van der Waals surface area (Å²) in [6, 6.07) is 0. The summed E-state index contributed by atoms with van der Waals surface area (Å²) < 4.78 is 41.9. The molecule has 0 N–H and O–H groups in total. The van der Waals surface area contributed by atoms with Crippen molar-refractivity contribution < 1.29 is 21.6 Å². The predicted octanol–water partition coefficient (Wildman–Crippen LogP) is -0.0466. The van der Waals surface area contributed by atoms with E-state index in [2.05, 4.69) is 30.0 Å². The highest BCUT2D eigenvalue weighted by atomic mass is 32.3. The van der Waals surface area contributed by atoms with Crippen LogP contribution in [-0.2, 0) is 19.7 Å². The molecule has 0 saturated heterocycles. The standard InChI is InChI=1S/C5H10N2O4S4/c1-3(12)14(8,9)5(7-6)15(10,11)4(2)13/h3-4,12-13H,1-2H3. The molecule has 10 heteroatoms. The molecule has 0 aliphatic rings. The van der Waals surface area contributed by atoms with Crippen molar-refractivity contribution in [1.29, 1.82) is 0 Å². The lowest BCUT2D eigenvalue weighted by atomic mass is 11.0. The van der Waals surface area contributed by atoms with Gasteiger partial charge in [-0.05, 0) is 13.8 Å². The van der Waals surface area contributed by atoms with Crippen molar-refractivity contribution in [3.63, 3.8) is 0 Å². The monoisotopic (exact) mass is 290 g/mol. The molecule has 0 aliphatic carbocycles. The quantitative estimate of drug-likeness (QED) is 0.245. The smallest absolute Gasteiger partial charge is 0.359 e. The fourth-order valence-corrected chi connectivity index (χ4v) is 4.57. The van der Waals surface area contributed by atoms with Gasteiger partial charge in [0.15, 0.2) is 0 Å². The van der Waals surface area contributed by atoms with Gasteiger partial charge in [0.25, 0.3) is 19.7 Å². The first-order chi connectivity index (χ1) is 6.58. The molecule has 88 valence electrons. The molecule has 0 heterocycles. The molecule has 2 atom stereocenters. The van der Waals surface area contributed by atoms with Gasteiger partial charge in [-0.2, -0.15) is 25.3 Å². The molecular formula is C5H10N2O4S4. The van der Waals surface area contributed by atoms with Crippen molar-refractivity contribution in [1.82, 2.24) is 0 Å². The van der Waals surface area contributed by atoms with E-state index in [-0.39, 0.29) is 0 Å². The van der Waals surface area contributed by atoms with Gasteiger partial charge in [0.2, 0.25) is 0 Å². The molecule has 0 aromatic carbocycles. The maximum absolute atomic E-state index is 11.4. The van der Waals surface area contributed by atoms with Gasteiger partial charge in [0, 0.05) is 0 Å². The lowest BCUT2D eigenvalue weighted by Gasteiger charge is -2.05. The minimum Gasteiger partial charge on any atom is -0.359 e. The highest BCUT2D eigenvalue weighted by Gasteiger charge is 2.45. The normalized spacial score (nSPS) is 16.5. The highest BCUT2D eigenvalue weighted by molar-refractivity contribution is 8.35. The molecule has 0 radical (unpaired) electrons. The first-order valence-electron chi connectivity index (χ1n) is 3.64. The van der Waals surface area contributed by atoms with Gasteiger partial charge in [-0.3, -0.25) is 0 Å². The van der Waals surface area contributed by atoms with Gasteiger partial charge in [0.05, 0.1) is 0 Å². The van der Waals surface area contributed by atoms with Crippen molar-refractivity contribution in [3.8, 4) is 0 Å². The van der Waals surface area contributed by atoms with Gasteiger partial charge in [0.1, 0.15) is 9.16 Å². The van der Waals surface area contributed by atoms with E-state index < -0.39 is 33.2 Å². The zero-order chi connectivity index (χ0) is 12.4. The van der Waals surface area contributed by atoms with Crippen LogP contribution >= 0.6 is 25.3 Å². The molecule has 0 spiro atoms. The molecule has 0 aliphatic heterocycles. The van der Waals surface area contributed by atoms with Crippen LogP contribution in [0.1, 0.15) is 13.8 Å². The zero-order valence-electron chi connectivity index (χ0n) is 7.89. The number of hydrogen-bond donors (Lipinski definition) is 2. The topological polar surface area (TPSA) is 105 Å². The van der Waals surface area contributed by atoms with Crippen LogP contribution in [0, 0.1) is 0 Å².